The van der Waals surface area contributed by atoms with Crippen LogP contribution in [0.2, 0.25) is 0 Å². The fraction of sp³-hybridized carbons (Fsp3) is 1.00. The van der Waals surface area contributed by atoms with Crippen LogP contribution in [-0.4, -0.2) is 574 Å². The third kappa shape index (κ3) is 122. The molecule has 46 heteroatoms. The second kappa shape index (κ2) is 127. The summed E-state index contributed by atoms with van der Waals surface area (Å²) in [5.41, 5.74) is -0.764. The number of aliphatic hydroxyl groups excluding tert-OH is 2. The highest BCUT2D eigenvalue weighted by Crippen LogP contribution is 2.32. The monoisotopic (exact) mass is 2010 g/mol. The molecule has 0 aromatic heterocycles. The molecular weight excluding hydrogens is 1830 g/mol. The topological polar surface area (TPSA) is 410 Å². The van der Waals surface area contributed by atoms with E-state index in [0.717, 1.165) is 18.1 Å². The molecule has 0 spiro atoms. The summed E-state index contributed by atoms with van der Waals surface area (Å²) in [5, 5.41) is 18.6. The van der Waals surface area contributed by atoms with Crippen molar-refractivity contribution in [2.45, 2.75) is 10.9 Å². The van der Waals surface area contributed by atoms with Crippen molar-refractivity contribution < 1.29 is 200 Å². The molecular formula is C86H174O42S4. The molecule has 0 saturated heterocycles. The van der Waals surface area contributed by atoms with Crippen LogP contribution in [0.15, 0.2) is 0 Å². The molecule has 0 aliphatic rings. The van der Waals surface area contributed by atoms with Gasteiger partial charge in [-0.05, 0) is 12.5 Å². The third-order valence-electron chi connectivity index (χ3n) is 15.9. The zero-order valence-electron chi connectivity index (χ0n) is 80.0. The van der Waals surface area contributed by atoms with E-state index in [2.05, 4.69) is 6.26 Å². The summed E-state index contributed by atoms with van der Waals surface area (Å²) in [5.74, 6) is 1.87. The number of thioether (sulfide) groups is 2. The smallest absolute Gasteiger partial charge is 0.136 e. The van der Waals surface area contributed by atoms with Crippen molar-refractivity contribution in [3.63, 3.8) is 0 Å². The summed E-state index contributed by atoms with van der Waals surface area (Å²) in [4.78, 5) is 0. The van der Waals surface area contributed by atoms with Gasteiger partial charge in [-0.15, -0.1) is 0 Å². The first-order chi connectivity index (χ1) is 65.8. The number of hydrogen-bond donors (Lipinski definition) is 2. The molecule has 0 aromatic carbocycles. The number of ether oxygens (including phenoxy) is 40. The highest BCUT2D eigenvalue weighted by atomic mass is 33.1. The van der Waals surface area contributed by atoms with Gasteiger partial charge in [0.05, 0.1) is 529 Å². The van der Waals surface area contributed by atoms with Crippen molar-refractivity contribution in [3.8, 4) is 0 Å². The lowest BCUT2D eigenvalue weighted by Gasteiger charge is -2.20. The number of aliphatic hydroxyl groups is 2. The van der Waals surface area contributed by atoms with Crippen LogP contribution in [0.3, 0.4) is 0 Å². The maximum atomic E-state index is 9.98. The van der Waals surface area contributed by atoms with Crippen LogP contribution < -0.4 is 0 Å². The standard InChI is InChI=1S/C86H174O42S4/c1-129-81-79-125-74-73-122-68-67-119-62-61-116-56-55-113-50-49-110-44-43-107-38-37-104-32-31-101-26-25-98-23-24-100-28-30-103-34-36-106-40-42-109-46-48-112-52-54-115-58-60-118-64-66-121-70-72-124-76-78-128-86(84-126-80-82-130-2)132-131-85(83-88)127-77-75-123-71-69-120-65-63-117-59-57-114-53-51-111-47-45-108-41-39-105-35-33-102-29-27-99-22-21-97-20-19-96-18-17-95-16-15-94-14-13-93-12-11-92-10-9-91-8-7-90-6-5-89-4-3-87/h85-88H,3-84H2,1-2H3. The Labute approximate surface area is 804 Å². The maximum Gasteiger partial charge on any atom is 0.136 e. The summed E-state index contributed by atoms with van der Waals surface area (Å²) in [6.07, 6.45) is 4.09. The van der Waals surface area contributed by atoms with E-state index < -0.39 is 5.44 Å². The van der Waals surface area contributed by atoms with Gasteiger partial charge in [0.25, 0.3) is 0 Å². The van der Waals surface area contributed by atoms with Gasteiger partial charge in [0, 0.05) is 11.5 Å². The van der Waals surface area contributed by atoms with Gasteiger partial charge in [0.15, 0.2) is 0 Å². The Morgan fingerprint density at radius 3 is 0.386 bits per heavy atom. The molecule has 0 aromatic rings. The van der Waals surface area contributed by atoms with Crippen LogP contribution >= 0.6 is 45.1 Å². The highest BCUT2D eigenvalue weighted by Gasteiger charge is 2.17. The lowest BCUT2D eigenvalue weighted by molar-refractivity contribution is -0.0318. The van der Waals surface area contributed by atoms with E-state index in [0.29, 0.717) is 509 Å². The predicted molar refractivity (Wildman–Crippen MR) is 497 cm³/mol. The Balaban J connectivity index is 3.41. The maximum absolute atomic E-state index is 9.98. The molecule has 42 nitrogen and oxygen atoms in total. The van der Waals surface area contributed by atoms with Crippen LogP contribution in [0.1, 0.15) is 0 Å². The van der Waals surface area contributed by atoms with Crippen LogP contribution in [0, 0.1) is 0 Å². The summed E-state index contributed by atoms with van der Waals surface area (Å²) < 4.78 is 222. The molecule has 2 unspecified atom stereocenters. The second-order valence-electron chi connectivity index (χ2n) is 26.4. The van der Waals surface area contributed by atoms with E-state index in [1.54, 1.807) is 23.5 Å². The van der Waals surface area contributed by atoms with Crippen molar-refractivity contribution in [3.05, 3.63) is 0 Å². The lowest BCUT2D eigenvalue weighted by atomic mass is 10.6. The summed E-state index contributed by atoms with van der Waals surface area (Å²) in [6.45, 7) is 36.7. The van der Waals surface area contributed by atoms with Crippen molar-refractivity contribution >= 4 is 45.1 Å². The van der Waals surface area contributed by atoms with Crippen LogP contribution in [0.25, 0.3) is 0 Å². The molecule has 0 bridgehead atoms. The molecule has 0 fully saturated rings. The van der Waals surface area contributed by atoms with Crippen molar-refractivity contribution in [2.75, 3.05) is 553 Å². The van der Waals surface area contributed by atoms with Crippen molar-refractivity contribution in [1.29, 1.82) is 0 Å². The van der Waals surface area contributed by atoms with E-state index in [4.69, 9.17) is 195 Å². The molecule has 2 atom stereocenters. The fourth-order valence-corrected chi connectivity index (χ4v) is 12.0. The average molecular weight is 2010 g/mol. The molecule has 0 radical (unpaired) electrons. The first-order valence-electron chi connectivity index (χ1n) is 46.5. The largest absolute Gasteiger partial charge is 0.394 e. The molecule has 794 valence electrons. The minimum Gasteiger partial charge on any atom is -0.394 e. The highest BCUT2D eigenvalue weighted by molar-refractivity contribution is 8.77. The van der Waals surface area contributed by atoms with E-state index in [1.165, 1.54) is 21.6 Å². The van der Waals surface area contributed by atoms with E-state index >= 15 is 0 Å². The first kappa shape index (κ1) is 132. The third-order valence-corrected chi connectivity index (χ3v) is 19.7. The van der Waals surface area contributed by atoms with Gasteiger partial charge in [0.1, 0.15) is 10.9 Å². The van der Waals surface area contributed by atoms with Gasteiger partial charge in [-0.2, -0.15) is 23.5 Å². The SMILES string of the molecule is CSCCOCCOCCOCCOCCOCCOCCOCCOCCOCCOCCOCCOCCOCCOCCOCCOCCOCCOCCOCCOC(COCCSC)SSC(CO)OCCOCCOCCOCCOCCOCCOCCOCCOCCOCCOCCOCCOCCOCCOCCOCCOCCOCCOCCO. The molecule has 0 heterocycles. The van der Waals surface area contributed by atoms with Gasteiger partial charge >= 0.3 is 0 Å². The quantitative estimate of drug-likeness (QED) is 0.0501. The summed E-state index contributed by atoms with van der Waals surface area (Å²) in [6, 6.07) is 0. The zero-order valence-corrected chi connectivity index (χ0v) is 83.3. The van der Waals surface area contributed by atoms with E-state index in [1.807, 2.05) is 6.26 Å². The zero-order chi connectivity index (χ0) is 94.3. The van der Waals surface area contributed by atoms with E-state index in [-0.39, 0.29) is 18.6 Å². The van der Waals surface area contributed by atoms with Crippen molar-refractivity contribution in [1.82, 2.24) is 0 Å². The van der Waals surface area contributed by atoms with Gasteiger partial charge < -0.3 is 200 Å². The number of rotatable bonds is 127. The van der Waals surface area contributed by atoms with E-state index in [9.17, 15) is 5.11 Å². The Morgan fingerprint density at radius 2 is 0.250 bits per heavy atom. The Bertz CT molecular complexity index is 2000. The van der Waals surface area contributed by atoms with Crippen LogP contribution in [0.4, 0.5) is 0 Å². The molecule has 132 heavy (non-hydrogen) atoms. The molecule has 0 aliphatic heterocycles. The Kier molecular flexibility index (Phi) is 127. The summed E-state index contributed by atoms with van der Waals surface area (Å²) in [7, 11) is 2.83. The normalized spacial score (nSPS) is 12.4. The first-order valence-corrected chi connectivity index (χ1v) is 51.5. The number of hydrogen-bond acceptors (Lipinski definition) is 46. The average Bonchev–Trinajstić information content (AvgIpc) is 0.962. The second-order valence-corrected chi connectivity index (χ2v) is 31.0. The summed E-state index contributed by atoms with van der Waals surface area (Å²) >= 11 is 3.47. The fourth-order valence-electron chi connectivity index (χ4n) is 9.25. The van der Waals surface area contributed by atoms with Crippen LogP contribution in [0.5, 0.6) is 0 Å². The molecule has 0 amide bonds. The van der Waals surface area contributed by atoms with Gasteiger partial charge in [-0.25, -0.2) is 0 Å². The Morgan fingerprint density at radius 1 is 0.136 bits per heavy atom. The Hall–Kier alpha value is -0.280. The van der Waals surface area contributed by atoms with Gasteiger partial charge in [0.2, 0.25) is 0 Å². The van der Waals surface area contributed by atoms with Gasteiger partial charge in [-0.3, -0.25) is 0 Å². The minimum absolute atomic E-state index is 0.0133. The molecule has 0 saturated carbocycles. The lowest BCUT2D eigenvalue weighted by Crippen LogP contribution is -2.22. The van der Waals surface area contributed by atoms with Crippen molar-refractivity contribution in [2.24, 2.45) is 0 Å². The molecule has 2 N–H and O–H groups in total. The van der Waals surface area contributed by atoms with Gasteiger partial charge in [-0.1, -0.05) is 21.6 Å². The minimum atomic E-state index is -0.473. The van der Waals surface area contributed by atoms with Crippen LogP contribution in [-0.2, 0) is 189 Å². The predicted octanol–water partition coefficient (Wildman–Crippen LogP) is 2.39. The molecule has 0 aliphatic carbocycles. The molecule has 0 rings (SSSR count).